The summed E-state index contributed by atoms with van der Waals surface area (Å²) in [5, 5.41) is 10.2. The summed E-state index contributed by atoms with van der Waals surface area (Å²) in [5.74, 6) is 1.05. The lowest BCUT2D eigenvalue weighted by molar-refractivity contribution is 0.167. The first kappa shape index (κ1) is 13.2. The molecule has 0 aliphatic carbocycles. The number of para-hydroxylation sites is 1. The highest BCUT2D eigenvalue weighted by Crippen LogP contribution is 2.31. The minimum Gasteiger partial charge on any atom is -0.493 e. The van der Waals surface area contributed by atoms with Gasteiger partial charge in [0.05, 0.1) is 12.7 Å². The molecular weight excluding hydrogens is 248 g/mol. The van der Waals surface area contributed by atoms with Crippen LogP contribution in [0.3, 0.4) is 0 Å². The molecule has 0 saturated heterocycles. The highest BCUT2D eigenvalue weighted by Gasteiger charge is 2.15. The van der Waals surface area contributed by atoms with E-state index in [1.165, 1.54) is 11.1 Å². The molecule has 104 valence electrons. The van der Waals surface area contributed by atoms with E-state index in [2.05, 4.69) is 18.2 Å². The van der Waals surface area contributed by atoms with E-state index in [9.17, 15) is 5.11 Å². The topological polar surface area (TPSA) is 29.5 Å². The van der Waals surface area contributed by atoms with Gasteiger partial charge in [-0.15, -0.1) is 0 Å². The molecule has 0 amide bonds. The number of fused-ring (bicyclic) bond motifs is 1. The fraction of sp³-hybridized carbons (Fsp3) is 0.333. The Kier molecular flexibility index (Phi) is 4.03. The zero-order valence-corrected chi connectivity index (χ0v) is 11.6. The molecule has 0 aromatic heterocycles. The van der Waals surface area contributed by atoms with Crippen LogP contribution >= 0.6 is 0 Å². The molecule has 0 saturated carbocycles. The number of aliphatic hydroxyl groups excluding tert-OH is 1. The lowest BCUT2D eigenvalue weighted by Crippen LogP contribution is -2.11. The van der Waals surface area contributed by atoms with E-state index >= 15 is 0 Å². The Morgan fingerprint density at radius 1 is 1.05 bits per heavy atom. The van der Waals surface area contributed by atoms with Gasteiger partial charge in [0.1, 0.15) is 5.75 Å². The van der Waals surface area contributed by atoms with Crippen LogP contribution in [0.5, 0.6) is 5.75 Å². The molecular formula is C18H20O2. The molecule has 1 atom stereocenters. The SMILES string of the molecule is OC(CCc1cccc2c1OCCC2)c1ccccc1. The molecule has 1 heterocycles. The maximum absolute atomic E-state index is 10.2. The fourth-order valence-electron chi connectivity index (χ4n) is 2.79. The van der Waals surface area contributed by atoms with Crippen molar-refractivity contribution in [1.82, 2.24) is 0 Å². The third kappa shape index (κ3) is 2.86. The van der Waals surface area contributed by atoms with E-state index in [0.29, 0.717) is 0 Å². The standard InChI is InChI=1S/C18H20O2/c19-17(14-6-2-1-3-7-14)12-11-16-9-4-8-15-10-5-13-20-18(15)16/h1-4,6-9,17,19H,5,10-13H2. The molecule has 2 aromatic carbocycles. The van der Waals surface area contributed by atoms with Gasteiger partial charge in [-0.2, -0.15) is 0 Å². The van der Waals surface area contributed by atoms with E-state index in [-0.39, 0.29) is 0 Å². The monoisotopic (exact) mass is 268 g/mol. The summed E-state index contributed by atoms with van der Waals surface area (Å²) in [4.78, 5) is 0. The van der Waals surface area contributed by atoms with Gasteiger partial charge in [-0.3, -0.25) is 0 Å². The van der Waals surface area contributed by atoms with Gasteiger partial charge in [-0.25, -0.2) is 0 Å². The summed E-state index contributed by atoms with van der Waals surface area (Å²) in [5.41, 5.74) is 3.51. The Balaban J connectivity index is 1.70. The van der Waals surface area contributed by atoms with E-state index in [1.54, 1.807) is 0 Å². The van der Waals surface area contributed by atoms with Gasteiger partial charge >= 0.3 is 0 Å². The van der Waals surface area contributed by atoms with Crippen molar-refractivity contribution in [2.75, 3.05) is 6.61 Å². The average Bonchev–Trinajstić information content (AvgIpc) is 2.53. The Morgan fingerprint density at radius 2 is 1.90 bits per heavy atom. The molecule has 0 fully saturated rings. The highest BCUT2D eigenvalue weighted by atomic mass is 16.5. The summed E-state index contributed by atoms with van der Waals surface area (Å²) in [6, 6.07) is 16.2. The minimum atomic E-state index is -0.407. The average molecular weight is 268 g/mol. The van der Waals surface area contributed by atoms with E-state index in [1.807, 2.05) is 30.3 Å². The first-order valence-corrected chi connectivity index (χ1v) is 7.31. The predicted molar refractivity (Wildman–Crippen MR) is 80.0 cm³/mol. The molecule has 0 bridgehead atoms. The van der Waals surface area contributed by atoms with Crippen LogP contribution in [-0.4, -0.2) is 11.7 Å². The summed E-state index contributed by atoms with van der Waals surface area (Å²) in [6.45, 7) is 0.811. The van der Waals surface area contributed by atoms with Crippen molar-refractivity contribution in [1.29, 1.82) is 0 Å². The summed E-state index contributed by atoms with van der Waals surface area (Å²) in [6.07, 6.45) is 3.37. The predicted octanol–water partition coefficient (Wildman–Crippen LogP) is 3.68. The number of hydrogen-bond acceptors (Lipinski definition) is 2. The third-order valence-electron chi connectivity index (χ3n) is 3.89. The van der Waals surface area contributed by atoms with Crippen LogP contribution in [0.25, 0.3) is 0 Å². The van der Waals surface area contributed by atoms with E-state index in [0.717, 1.165) is 43.6 Å². The van der Waals surface area contributed by atoms with Gasteiger partial charge in [0.15, 0.2) is 0 Å². The second kappa shape index (κ2) is 6.10. The Hall–Kier alpha value is -1.80. The van der Waals surface area contributed by atoms with Crippen molar-refractivity contribution >= 4 is 0 Å². The van der Waals surface area contributed by atoms with Crippen LogP contribution in [0, 0.1) is 0 Å². The van der Waals surface area contributed by atoms with Crippen molar-refractivity contribution in [2.24, 2.45) is 0 Å². The maximum atomic E-state index is 10.2. The van der Waals surface area contributed by atoms with Crippen molar-refractivity contribution < 1.29 is 9.84 Å². The normalized spacial score (nSPS) is 15.2. The molecule has 0 spiro atoms. The molecule has 20 heavy (non-hydrogen) atoms. The molecule has 1 aliphatic rings. The van der Waals surface area contributed by atoms with Crippen LogP contribution in [0.1, 0.15) is 35.6 Å². The lowest BCUT2D eigenvalue weighted by atomic mass is 9.97. The molecule has 2 heteroatoms. The first-order chi connectivity index (χ1) is 9.84. The van der Waals surface area contributed by atoms with Gasteiger partial charge in [0, 0.05) is 0 Å². The first-order valence-electron chi connectivity index (χ1n) is 7.31. The van der Waals surface area contributed by atoms with Gasteiger partial charge < -0.3 is 9.84 Å². The van der Waals surface area contributed by atoms with E-state index in [4.69, 9.17) is 4.74 Å². The van der Waals surface area contributed by atoms with Crippen molar-refractivity contribution in [2.45, 2.75) is 31.8 Å². The Bertz CT molecular complexity index is 563. The largest absolute Gasteiger partial charge is 0.493 e. The molecule has 3 rings (SSSR count). The second-order valence-corrected chi connectivity index (χ2v) is 5.32. The summed E-state index contributed by atoms with van der Waals surface area (Å²) < 4.78 is 5.81. The van der Waals surface area contributed by atoms with Crippen molar-refractivity contribution in [3.05, 3.63) is 65.2 Å². The molecule has 1 aliphatic heterocycles. The van der Waals surface area contributed by atoms with Crippen molar-refractivity contribution in [3.8, 4) is 5.75 Å². The van der Waals surface area contributed by atoms with Crippen molar-refractivity contribution in [3.63, 3.8) is 0 Å². The van der Waals surface area contributed by atoms with Crippen LogP contribution in [-0.2, 0) is 12.8 Å². The van der Waals surface area contributed by atoms with Crippen LogP contribution < -0.4 is 4.74 Å². The smallest absolute Gasteiger partial charge is 0.125 e. The van der Waals surface area contributed by atoms with Gasteiger partial charge in [0.2, 0.25) is 0 Å². The quantitative estimate of drug-likeness (QED) is 0.916. The van der Waals surface area contributed by atoms with Gasteiger partial charge in [-0.05, 0) is 42.4 Å². The number of benzene rings is 2. The summed E-state index contributed by atoms with van der Waals surface area (Å²) >= 11 is 0. The van der Waals surface area contributed by atoms with Gasteiger partial charge in [-0.1, -0.05) is 48.5 Å². The van der Waals surface area contributed by atoms with Crippen LogP contribution in [0.15, 0.2) is 48.5 Å². The molecule has 2 aromatic rings. The molecule has 1 N–H and O–H groups in total. The number of hydrogen-bond donors (Lipinski definition) is 1. The maximum Gasteiger partial charge on any atom is 0.125 e. The molecule has 0 radical (unpaired) electrons. The zero-order chi connectivity index (χ0) is 13.8. The lowest BCUT2D eigenvalue weighted by Gasteiger charge is -2.21. The molecule has 2 nitrogen and oxygen atoms in total. The van der Waals surface area contributed by atoms with E-state index < -0.39 is 6.10 Å². The summed E-state index contributed by atoms with van der Waals surface area (Å²) in [7, 11) is 0. The number of aryl methyl sites for hydroxylation is 2. The minimum absolute atomic E-state index is 0.407. The number of aliphatic hydroxyl groups is 1. The zero-order valence-electron chi connectivity index (χ0n) is 11.6. The number of rotatable bonds is 4. The third-order valence-corrected chi connectivity index (χ3v) is 3.89. The Morgan fingerprint density at radius 3 is 2.75 bits per heavy atom. The van der Waals surface area contributed by atoms with Gasteiger partial charge in [0.25, 0.3) is 0 Å². The number of ether oxygens (including phenoxy) is 1. The highest BCUT2D eigenvalue weighted by molar-refractivity contribution is 5.43. The Labute approximate surface area is 120 Å². The van der Waals surface area contributed by atoms with Crippen LogP contribution in [0.2, 0.25) is 0 Å². The molecule has 1 unspecified atom stereocenters. The second-order valence-electron chi connectivity index (χ2n) is 5.32. The van der Waals surface area contributed by atoms with Crippen LogP contribution in [0.4, 0.5) is 0 Å². The fourth-order valence-corrected chi connectivity index (χ4v) is 2.79.